The highest BCUT2D eigenvalue weighted by molar-refractivity contribution is 5.95. The van der Waals surface area contributed by atoms with Crippen LogP contribution >= 0.6 is 0 Å². The number of fused-ring (bicyclic) bond motifs is 1. The van der Waals surface area contributed by atoms with Crippen molar-refractivity contribution < 1.29 is 9.18 Å². The molecule has 0 bridgehead atoms. The van der Waals surface area contributed by atoms with Crippen molar-refractivity contribution in [3.05, 3.63) is 64.5 Å². The van der Waals surface area contributed by atoms with Crippen LogP contribution in [0.25, 0.3) is 0 Å². The summed E-state index contributed by atoms with van der Waals surface area (Å²) in [6, 6.07) is 9.80. The number of benzene rings is 2. The fraction of sp³-hybridized carbons (Fsp3) is 0.391. The molecule has 0 aromatic heterocycles. The molecule has 0 aliphatic carbocycles. The van der Waals surface area contributed by atoms with Gasteiger partial charge < -0.3 is 4.90 Å². The zero-order valence-electron chi connectivity index (χ0n) is 17.2. The molecule has 0 radical (unpaired) electrons. The van der Waals surface area contributed by atoms with Crippen LogP contribution in [0.4, 0.5) is 10.1 Å². The van der Waals surface area contributed by atoms with Gasteiger partial charge in [-0.2, -0.15) is 5.10 Å². The molecule has 1 N–H and O–H groups in total. The summed E-state index contributed by atoms with van der Waals surface area (Å²) in [6.07, 6.45) is 2.77. The average Bonchev–Trinajstić information content (AvgIpc) is 2.62. The van der Waals surface area contributed by atoms with E-state index >= 15 is 0 Å². The normalized spacial score (nSPS) is 18.2. The molecule has 1 unspecified atom stereocenters. The number of nitrogens with one attached hydrogen (secondary N) is 1. The molecule has 0 saturated heterocycles. The number of halogens is 1. The molecule has 0 spiro atoms. The van der Waals surface area contributed by atoms with Gasteiger partial charge in [-0.15, -0.1) is 0 Å². The van der Waals surface area contributed by atoms with E-state index in [0.29, 0.717) is 11.5 Å². The van der Waals surface area contributed by atoms with Crippen molar-refractivity contribution in [2.24, 2.45) is 5.10 Å². The summed E-state index contributed by atoms with van der Waals surface area (Å²) in [4.78, 5) is 14.6. The SMILES string of the molecule is CCN1c2cc(C)c(/C=N/NC(=O)c3ccc(F)cc3)cc2C(C)CC1(C)C. The van der Waals surface area contributed by atoms with Gasteiger partial charge in [-0.05, 0) is 93.1 Å². The molecule has 2 aromatic carbocycles. The van der Waals surface area contributed by atoms with Crippen LogP contribution in [0.3, 0.4) is 0 Å². The smallest absolute Gasteiger partial charge is 0.271 e. The number of carbonyl (C=O) groups excluding carboxylic acids is 1. The average molecular weight is 381 g/mol. The lowest BCUT2D eigenvalue weighted by Gasteiger charge is -2.47. The second-order valence-corrected chi connectivity index (χ2v) is 8.14. The summed E-state index contributed by atoms with van der Waals surface area (Å²) in [5, 5.41) is 4.11. The highest BCUT2D eigenvalue weighted by Gasteiger charge is 2.35. The van der Waals surface area contributed by atoms with Crippen LogP contribution in [-0.2, 0) is 0 Å². The molecule has 4 nitrogen and oxygen atoms in total. The molecule has 148 valence electrons. The zero-order valence-corrected chi connectivity index (χ0v) is 17.2. The Morgan fingerprint density at radius 3 is 2.64 bits per heavy atom. The number of nitrogens with zero attached hydrogens (tertiary/aromatic N) is 2. The Bertz CT molecular complexity index is 903. The number of carbonyl (C=O) groups is 1. The number of rotatable bonds is 4. The predicted molar refractivity (Wildman–Crippen MR) is 113 cm³/mol. The van der Waals surface area contributed by atoms with Crippen LogP contribution in [-0.4, -0.2) is 24.2 Å². The molecule has 1 aliphatic rings. The van der Waals surface area contributed by atoms with E-state index in [4.69, 9.17) is 0 Å². The van der Waals surface area contributed by atoms with Gasteiger partial charge in [-0.1, -0.05) is 6.92 Å². The van der Waals surface area contributed by atoms with E-state index in [-0.39, 0.29) is 17.3 Å². The maximum atomic E-state index is 13.0. The highest BCUT2D eigenvalue weighted by atomic mass is 19.1. The van der Waals surface area contributed by atoms with Crippen molar-refractivity contribution in [1.82, 2.24) is 5.43 Å². The second kappa shape index (κ2) is 7.74. The Balaban J connectivity index is 1.82. The van der Waals surface area contributed by atoms with Crippen molar-refractivity contribution in [2.75, 3.05) is 11.4 Å². The molecular formula is C23H28FN3O. The molecule has 0 saturated carbocycles. The Hall–Kier alpha value is -2.69. The Morgan fingerprint density at radius 2 is 2.00 bits per heavy atom. The van der Waals surface area contributed by atoms with Crippen molar-refractivity contribution in [3.63, 3.8) is 0 Å². The van der Waals surface area contributed by atoms with Crippen LogP contribution < -0.4 is 10.3 Å². The molecule has 0 fully saturated rings. The minimum Gasteiger partial charge on any atom is -0.366 e. The van der Waals surface area contributed by atoms with Crippen molar-refractivity contribution in [2.45, 2.75) is 52.5 Å². The number of aryl methyl sites for hydroxylation is 1. The van der Waals surface area contributed by atoms with Crippen LogP contribution in [0, 0.1) is 12.7 Å². The molecular weight excluding hydrogens is 353 g/mol. The van der Waals surface area contributed by atoms with Crippen molar-refractivity contribution >= 4 is 17.8 Å². The van der Waals surface area contributed by atoms with E-state index in [9.17, 15) is 9.18 Å². The van der Waals surface area contributed by atoms with E-state index < -0.39 is 0 Å². The molecule has 3 rings (SSSR count). The fourth-order valence-corrected chi connectivity index (χ4v) is 4.21. The summed E-state index contributed by atoms with van der Waals surface area (Å²) in [6.45, 7) is 12.1. The van der Waals surface area contributed by atoms with Gasteiger partial charge in [0.2, 0.25) is 0 Å². The van der Waals surface area contributed by atoms with Gasteiger partial charge in [0.05, 0.1) is 6.21 Å². The molecule has 1 amide bonds. The monoisotopic (exact) mass is 381 g/mol. The summed E-state index contributed by atoms with van der Waals surface area (Å²) < 4.78 is 13.0. The molecule has 28 heavy (non-hydrogen) atoms. The van der Waals surface area contributed by atoms with Crippen LogP contribution in [0.2, 0.25) is 0 Å². The summed E-state index contributed by atoms with van der Waals surface area (Å²) in [7, 11) is 0. The minimum atomic E-state index is -0.372. The van der Waals surface area contributed by atoms with E-state index in [1.54, 1.807) is 6.21 Å². The van der Waals surface area contributed by atoms with Crippen molar-refractivity contribution in [3.8, 4) is 0 Å². The van der Waals surface area contributed by atoms with Gasteiger partial charge in [-0.3, -0.25) is 4.79 Å². The lowest BCUT2D eigenvalue weighted by molar-refractivity contribution is 0.0955. The largest absolute Gasteiger partial charge is 0.366 e. The Kier molecular flexibility index (Phi) is 5.54. The van der Waals surface area contributed by atoms with Crippen molar-refractivity contribution in [1.29, 1.82) is 0 Å². The summed E-state index contributed by atoms with van der Waals surface area (Å²) >= 11 is 0. The number of hydrogen-bond donors (Lipinski definition) is 1. The van der Waals surface area contributed by atoms with E-state index in [0.717, 1.165) is 24.1 Å². The Labute approximate surface area is 166 Å². The highest BCUT2D eigenvalue weighted by Crippen LogP contribution is 2.43. The quantitative estimate of drug-likeness (QED) is 0.598. The molecule has 2 aromatic rings. The Morgan fingerprint density at radius 1 is 1.32 bits per heavy atom. The van der Waals surface area contributed by atoms with Gasteiger partial charge in [0.25, 0.3) is 5.91 Å². The van der Waals surface area contributed by atoms with Gasteiger partial charge in [-0.25, -0.2) is 9.82 Å². The topological polar surface area (TPSA) is 44.7 Å². The van der Waals surface area contributed by atoms with Gasteiger partial charge in [0.1, 0.15) is 5.82 Å². The fourth-order valence-electron chi connectivity index (χ4n) is 4.21. The first kappa shape index (κ1) is 20.1. The number of amides is 1. The number of hydrazone groups is 1. The minimum absolute atomic E-state index is 0.131. The van der Waals surface area contributed by atoms with Crippen LogP contribution in [0.1, 0.15) is 67.1 Å². The second-order valence-electron chi connectivity index (χ2n) is 8.14. The third-order valence-corrected chi connectivity index (χ3v) is 5.57. The first-order chi connectivity index (χ1) is 13.2. The first-order valence-corrected chi connectivity index (χ1v) is 9.74. The standard InChI is InChI=1S/C23H28FN3O/c1-6-27-21-11-15(2)18(12-20(21)16(3)13-23(27,4)5)14-25-26-22(28)17-7-9-19(24)10-8-17/h7-12,14,16H,6,13H2,1-5H3,(H,26,28)/b25-14+. The molecule has 1 aliphatic heterocycles. The van der Waals surface area contributed by atoms with Gasteiger partial charge >= 0.3 is 0 Å². The summed E-state index contributed by atoms with van der Waals surface area (Å²) in [5.41, 5.74) is 7.72. The molecule has 1 atom stereocenters. The molecule has 5 heteroatoms. The number of hydrogen-bond acceptors (Lipinski definition) is 3. The predicted octanol–water partition coefficient (Wildman–Crippen LogP) is 5.01. The van der Waals surface area contributed by atoms with Crippen LogP contribution in [0.5, 0.6) is 0 Å². The third kappa shape index (κ3) is 3.93. The third-order valence-electron chi connectivity index (χ3n) is 5.57. The van der Waals surface area contributed by atoms with Gasteiger partial charge in [0.15, 0.2) is 0 Å². The van der Waals surface area contributed by atoms with Gasteiger partial charge in [0, 0.05) is 23.3 Å². The summed E-state index contributed by atoms with van der Waals surface area (Å²) in [5.74, 6) is -0.281. The first-order valence-electron chi connectivity index (χ1n) is 9.74. The molecule has 1 heterocycles. The maximum Gasteiger partial charge on any atom is 0.271 e. The lowest BCUT2D eigenvalue weighted by atomic mass is 9.79. The zero-order chi connectivity index (χ0) is 20.5. The van der Waals surface area contributed by atoms with E-state index in [1.165, 1.54) is 35.5 Å². The van der Waals surface area contributed by atoms with E-state index in [1.807, 2.05) is 0 Å². The maximum absolute atomic E-state index is 13.0. The number of anilines is 1. The van der Waals surface area contributed by atoms with E-state index in [2.05, 4.69) is 62.2 Å². The van der Waals surface area contributed by atoms with Crippen LogP contribution in [0.15, 0.2) is 41.5 Å². The lowest BCUT2D eigenvalue weighted by Crippen LogP contribution is -2.48.